The second kappa shape index (κ2) is 12.6. The number of rotatable bonds is 12. The second-order valence-electron chi connectivity index (χ2n) is 9.70. The van der Waals surface area contributed by atoms with Crippen molar-refractivity contribution in [1.29, 1.82) is 0 Å². The molecule has 2 N–H and O–H groups in total. The number of carbonyl (C=O) groups excluding carboxylic acids is 1. The highest BCUT2D eigenvalue weighted by atomic mass is 32.2. The van der Waals surface area contributed by atoms with Gasteiger partial charge in [-0.15, -0.1) is 0 Å². The SMILES string of the molecule is CCCCCCCCCC1=NC2(CCN(S(=O)/C=C/c3c(C)cc(NC)cc3C)CC2)C(=O)N1. The van der Waals surface area contributed by atoms with Gasteiger partial charge < -0.3 is 10.6 Å². The summed E-state index contributed by atoms with van der Waals surface area (Å²) in [5.41, 5.74) is 3.84. The molecule has 0 saturated carbocycles. The van der Waals surface area contributed by atoms with Crippen LogP contribution in [0.4, 0.5) is 5.69 Å². The molecule has 0 bridgehead atoms. The molecule has 1 fully saturated rings. The van der Waals surface area contributed by atoms with Crippen LogP contribution in [0, 0.1) is 13.8 Å². The van der Waals surface area contributed by atoms with E-state index < -0.39 is 16.5 Å². The lowest BCUT2D eigenvalue weighted by Crippen LogP contribution is -2.49. The van der Waals surface area contributed by atoms with Crippen LogP contribution in [0.5, 0.6) is 0 Å². The van der Waals surface area contributed by atoms with Gasteiger partial charge >= 0.3 is 0 Å². The summed E-state index contributed by atoms with van der Waals surface area (Å²) in [5, 5.41) is 7.98. The highest BCUT2D eigenvalue weighted by Gasteiger charge is 2.46. The van der Waals surface area contributed by atoms with Gasteiger partial charge in [-0.05, 0) is 68.0 Å². The number of carbonyl (C=O) groups is 1. The molecule has 0 aromatic heterocycles. The number of amidine groups is 1. The van der Waals surface area contributed by atoms with Crippen molar-refractivity contribution in [3.8, 4) is 0 Å². The standard InChI is InChI=1S/C27H42N4O2S/c1-5-6-7-8-9-10-11-12-25-29-26(32)27(30-25)14-16-31(17-15-27)34(33)18-13-24-21(2)19-23(28-4)20-22(24)3/h13,18-20,28H,5-12,14-17H2,1-4H3,(H,29,30,32)/b18-13+. The van der Waals surface area contributed by atoms with Gasteiger partial charge in [0.25, 0.3) is 5.91 Å². The van der Waals surface area contributed by atoms with E-state index in [1.165, 1.54) is 38.5 Å². The first-order valence-electron chi connectivity index (χ1n) is 12.9. The summed E-state index contributed by atoms with van der Waals surface area (Å²) in [6, 6.07) is 4.20. The molecular formula is C27H42N4O2S. The van der Waals surface area contributed by atoms with E-state index in [2.05, 4.69) is 43.5 Å². The zero-order chi connectivity index (χ0) is 24.6. The molecule has 1 amide bonds. The number of benzene rings is 1. The van der Waals surface area contributed by atoms with E-state index in [0.29, 0.717) is 25.9 Å². The van der Waals surface area contributed by atoms with Gasteiger partial charge in [0.15, 0.2) is 0 Å². The first-order chi connectivity index (χ1) is 16.4. The maximum atomic E-state index is 12.9. The summed E-state index contributed by atoms with van der Waals surface area (Å²) < 4.78 is 14.9. The molecular weight excluding hydrogens is 444 g/mol. The summed E-state index contributed by atoms with van der Waals surface area (Å²) in [4.78, 5) is 17.6. The molecule has 1 aromatic carbocycles. The normalized spacial score (nSPS) is 18.9. The molecule has 2 aliphatic heterocycles. The highest BCUT2D eigenvalue weighted by Crippen LogP contribution is 2.31. The predicted molar refractivity (Wildman–Crippen MR) is 144 cm³/mol. The number of aliphatic imine (C=N–C) groups is 1. The molecule has 6 nitrogen and oxygen atoms in total. The van der Waals surface area contributed by atoms with Crippen LogP contribution in [0.25, 0.3) is 6.08 Å². The quantitative estimate of drug-likeness (QED) is 0.384. The first-order valence-corrected chi connectivity index (χ1v) is 14.1. The Kier molecular flexibility index (Phi) is 9.89. The summed E-state index contributed by atoms with van der Waals surface area (Å²) in [6.07, 6.45) is 12.8. The molecule has 1 saturated heterocycles. The van der Waals surface area contributed by atoms with Crippen LogP contribution in [0.15, 0.2) is 22.5 Å². The van der Waals surface area contributed by atoms with Gasteiger partial charge in [-0.1, -0.05) is 45.4 Å². The number of unbranched alkanes of at least 4 members (excludes halogenated alkanes) is 6. The van der Waals surface area contributed by atoms with Crippen molar-refractivity contribution >= 4 is 34.5 Å². The van der Waals surface area contributed by atoms with Crippen LogP contribution >= 0.6 is 0 Å². The van der Waals surface area contributed by atoms with Crippen LogP contribution in [-0.4, -0.2) is 45.9 Å². The van der Waals surface area contributed by atoms with Crippen LogP contribution in [0.2, 0.25) is 0 Å². The Morgan fingerprint density at radius 2 is 1.71 bits per heavy atom. The minimum atomic E-state index is -1.22. The minimum Gasteiger partial charge on any atom is -0.388 e. The molecule has 1 atom stereocenters. The number of piperidine rings is 1. The Morgan fingerprint density at radius 3 is 2.32 bits per heavy atom. The molecule has 188 valence electrons. The van der Waals surface area contributed by atoms with E-state index in [1.807, 2.05) is 17.4 Å². The van der Waals surface area contributed by atoms with E-state index in [4.69, 9.17) is 4.99 Å². The monoisotopic (exact) mass is 486 g/mol. The van der Waals surface area contributed by atoms with E-state index in [1.54, 1.807) is 5.41 Å². The van der Waals surface area contributed by atoms with Crippen LogP contribution in [-0.2, 0) is 15.8 Å². The lowest BCUT2D eigenvalue weighted by molar-refractivity contribution is -0.124. The molecule has 1 unspecified atom stereocenters. The van der Waals surface area contributed by atoms with Crippen molar-refractivity contribution in [2.45, 2.75) is 90.5 Å². The van der Waals surface area contributed by atoms with Gasteiger partial charge in [-0.3, -0.25) is 9.79 Å². The molecule has 2 heterocycles. The number of nitrogens with one attached hydrogen (secondary N) is 2. The number of hydrogen-bond donors (Lipinski definition) is 2. The lowest BCUT2D eigenvalue weighted by Gasteiger charge is -2.33. The molecule has 34 heavy (non-hydrogen) atoms. The summed E-state index contributed by atoms with van der Waals surface area (Å²) in [5.74, 6) is 0.881. The molecule has 0 aliphatic carbocycles. The van der Waals surface area contributed by atoms with Gasteiger partial charge in [0, 0.05) is 37.7 Å². The fraction of sp³-hybridized carbons (Fsp3) is 0.630. The molecule has 1 spiro atoms. The zero-order valence-corrected chi connectivity index (χ0v) is 22.2. The maximum Gasteiger partial charge on any atom is 0.253 e. The van der Waals surface area contributed by atoms with Crippen molar-refractivity contribution in [3.05, 3.63) is 34.2 Å². The van der Waals surface area contributed by atoms with Gasteiger partial charge in [0.05, 0.1) is 0 Å². The number of nitrogens with zero attached hydrogens (tertiary/aromatic N) is 2. The fourth-order valence-electron chi connectivity index (χ4n) is 4.92. The van der Waals surface area contributed by atoms with Crippen LogP contribution < -0.4 is 10.6 Å². The first kappa shape index (κ1) is 26.6. The third-order valence-corrected chi connectivity index (χ3v) is 8.33. The second-order valence-corrected chi connectivity index (χ2v) is 11.0. The smallest absolute Gasteiger partial charge is 0.253 e. The average Bonchev–Trinajstić information content (AvgIpc) is 3.12. The number of aryl methyl sites for hydroxylation is 2. The van der Waals surface area contributed by atoms with E-state index in [9.17, 15) is 9.00 Å². The van der Waals surface area contributed by atoms with Crippen molar-refractivity contribution < 1.29 is 9.00 Å². The van der Waals surface area contributed by atoms with Gasteiger partial charge in [-0.2, -0.15) is 0 Å². The van der Waals surface area contributed by atoms with Crippen molar-refractivity contribution in [3.63, 3.8) is 0 Å². The summed E-state index contributed by atoms with van der Waals surface area (Å²) in [7, 11) is 0.691. The van der Waals surface area contributed by atoms with Crippen LogP contribution in [0.1, 0.15) is 87.8 Å². The average molecular weight is 487 g/mol. The Balaban J connectivity index is 1.49. The van der Waals surface area contributed by atoms with E-state index in [-0.39, 0.29) is 5.91 Å². The lowest BCUT2D eigenvalue weighted by atomic mass is 9.89. The zero-order valence-electron chi connectivity index (χ0n) is 21.4. The van der Waals surface area contributed by atoms with Crippen molar-refractivity contribution in [1.82, 2.24) is 9.62 Å². The van der Waals surface area contributed by atoms with E-state index >= 15 is 0 Å². The summed E-state index contributed by atoms with van der Waals surface area (Å²) in [6.45, 7) is 7.59. The van der Waals surface area contributed by atoms with Gasteiger partial charge in [0.1, 0.15) is 22.4 Å². The van der Waals surface area contributed by atoms with E-state index in [0.717, 1.165) is 41.1 Å². The number of amides is 1. The van der Waals surface area contributed by atoms with Gasteiger partial charge in [-0.25, -0.2) is 8.51 Å². The molecule has 0 radical (unpaired) electrons. The molecule has 1 aromatic rings. The van der Waals surface area contributed by atoms with Crippen LogP contribution in [0.3, 0.4) is 0 Å². The maximum absolute atomic E-state index is 12.9. The molecule has 7 heteroatoms. The Labute approximate surface area is 208 Å². The number of anilines is 1. The molecule has 3 rings (SSSR count). The third kappa shape index (κ3) is 6.79. The highest BCUT2D eigenvalue weighted by molar-refractivity contribution is 7.85. The molecule has 2 aliphatic rings. The Bertz CT molecular complexity index is 910. The topological polar surface area (TPSA) is 73.8 Å². The summed E-state index contributed by atoms with van der Waals surface area (Å²) >= 11 is 0. The minimum absolute atomic E-state index is 0.0299. The Morgan fingerprint density at radius 1 is 1.09 bits per heavy atom. The van der Waals surface area contributed by atoms with Crippen molar-refractivity contribution in [2.24, 2.45) is 4.99 Å². The van der Waals surface area contributed by atoms with Crippen molar-refractivity contribution in [2.75, 3.05) is 25.5 Å². The largest absolute Gasteiger partial charge is 0.388 e. The number of hydrogen-bond acceptors (Lipinski definition) is 4. The fourth-order valence-corrected chi connectivity index (χ4v) is 5.89. The third-order valence-electron chi connectivity index (χ3n) is 7.08. The predicted octanol–water partition coefficient (Wildman–Crippen LogP) is 5.48. The van der Waals surface area contributed by atoms with Gasteiger partial charge in [0.2, 0.25) is 0 Å². The Hall–Kier alpha value is -1.99.